The van der Waals surface area contributed by atoms with Crippen molar-refractivity contribution in [3.63, 3.8) is 0 Å². The number of carbonyl (C=O) groups is 1. The number of nitrogens with one attached hydrogen (secondary N) is 1. The summed E-state index contributed by atoms with van der Waals surface area (Å²) in [6.07, 6.45) is 1.02. The third-order valence-electron chi connectivity index (χ3n) is 3.75. The van der Waals surface area contributed by atoms with Crippen molar-refractivity contribution in [2.75, 3.05) is 12.4 Å². The molecular weight excluding hydrogens is 354 g/mol. The smallest absolute Gasteiger partial charge is 0.226 e. The van der Waals surface area contributed by atoms with Crippen LogP contribution in [0.15, 0.2) is 42.5 Å². The molecule has 126 valence electrons. The molecule has 4 aromatic rings. The highest BCUT2D eigenvalue weighted by Crippen LogP contribution is 2.29. The lowest BCUT2D eigenvalue weighted by Gasteiger charge is -1.99. The van der Waals surface area contributed by atoms with Gasteiger partial charge >= 0.3 is 0 Å². The minimum atomic E-state index is -0.0507. The van der Waals surface area contributed by atoms with Gasteiger partial charge in [-0.2, -0.15) is 0 Å². The maximum absolute atomic E-state index is 12.2. The fourth-order valence-electron chi connectivity index (χ4n) is 2.51. The third-order valence-corrected chi connectivity index (χ3v) is 5.78. The minimum absolute atomic E-state index is 0.0507. The first kappa shape index (κ1) is 16.0. The van der Waals surface area contributed by atoms with E-state index in [0.29, 0.717) is 18.0 Å². The summed E-state index contributed by atoms with van der Waals surface area (Å²) < 4.78 is 7.35. The first-order valence-electron chi connectivity index (χ1n) is 7.80. The number of methoxy groups -OCH3 is 1. The van der Waals surface area contributed by atoms with Gasteiger partial charge in [-0.3, -0.25) is 4.79 Å². The summed E-state index contributed by atoms with van der Waals surface area (Å²) in [5.74, 6) is 0.732. The van der Waals surface area contributed by atoms with Gasteiger partial charge in [-0.15, -0.1) is 11.3 Å². The predicted octanol–water partition coefficient (Wildman–Crippen LogP) is 4.49. The molecule has 0 saturated heterocycles. The number of benzene rings is 2. The van der Waals surface area contributed by atoms with Crippen LogP contribution in [0.3, 0.4) is 0 Å². The van der Waals surface area contributed by atoms with Crippen LogP contribution in [0.1, 0.15) is 11.4 Å². The number of hydrogen-bond acceptors (Lipinski definition) is 6. The average Bonchev–Trinajstić information content (AvgIpc) is 3.21. The Morgan fingerprint density at radius 1 is 1.08 bits per heavy atom. The number of hydrogen-bond donors (Lipinski definition) is 1. The van der Waals surface area contributed by atoms with Gasteiger partial charge in [-0.1, -0.05) is 23.5 Å². The Bertz CT molecular complexity index is 1020. The highest BCUT2D eigenvalue weighted by atomic mass is 32.1. The topological polar surface area (TPSA) is 64.1 Å². The number of thiazole rings is 2. The monoisotopic (exact) mass is 369 g/mol. The lowest BCUT2D eigenvalue weighted by atomic mass is 10.3. The fraction of sp³-hybridized carbons (Fsp3) is 0.167. The molecule has 4 rings (SSSR count). The predicted molar refractivity (Wildman–Crippen MR) is 103 cm³/mol. The van der Waals surface area contributed by atoms with Gasteiger partial charge in [0, 0.05) is 12.8 Å². The van der Waals surface area contributed by atoms with Crippen molar-refractivity contribution in [2.24, 2.45) is 0 Å². The molecule has 0 radical (unpaired) electrons. The number of ether oxygens (including phenoxy) is 1. The SMILES string of the molecule is COc1ccc2nc(NC(=O)CCc3nc4ccccc4s3)sc2c1. The second-order valence-corrected chi connectivity index (χ2v) is 7.62. The van der Waals surface area contributed by atoms with E-state index >= 15 is 0 Å². The number of carbonyl (C=O) groups excluding carboxylic acids is 1. The summed E-state index contributed by atoms with van der Waals surface area (Å²) in [4.78, 5) is 21.2. The van der Waals surface area contributed by atoms with Crippen LogP contribution in [0, 0.1) is 0 Å². The Balaban J connectivity index is 1.41. The van der Waals surface area contributed by atoms with Crippen LogP contribution in [-0.2, 0) is 11.2 Å². The molecule has 1 N–H and O–H groups in total. The summed E-state index contributed by atoms with van der Waals surface area (Å²) in [7, 11) is 1.63. The lowest BCUT2D eigenvalue weighted by molar-refractivity contribution is -0.116. The molecule has 1 amide bonds. The zero-order chi connectivity index (χ0) is 17.2. The van der Waals surface area contributed by atoms with Crippen LogP contribution in [0.4, 0.5) is 5.13 Å². The van der Waals surface area contributed by atoms with E-state index in [4.69, 9.17) is 4.74 Å². The molecule has 0 atom stereocenters. The van der Waals surface area contributed by atoms with Crippen molar-refractivity contribution in [3.05, 3.63) is 47.5 Å². The van der Waals surface area contributed by atoms with Crippen LogP contribution in [0.2, 0.25) is 0 Å². The van der Waals surface area contributed by atoms with Crippen LogP contribution >= 0.6 is 22.7 Å². The van der Waals surface area contributed by atoms with Crippen molar-refractivity contribution in [1.82, 2.24) is 9.97 Å². The molecule has 25 heavy (non-hydrogen) atoms. The van der Waals surface area contributed by atoms with Gasteiger partial charge in [0.2, 0.25) is 5.91 Å². The number of nitrogens with zero attached hydrogens (tertiary/aromatic N) is 2. The van der Waals surface area contributed by atoms with E-state index in [-0.39, 0.29) is 5.91 Å². The standard InChI is InChI=1S/C18H15N3O2S2/c1-23-11-6-7-13-15(10-11)25-18(20-13)21-16(22)8-9-17-19-12-4-2-3-5-14(12)24-17/h2-7,10H,8-9H2,1H3,(H,20,21,22). The van der Waals surface area contributed by atoms with Gasteiger partial charge in [-0.25, -0.2) is 9.97 Å². The summed E-state index contributed by atoms with van der Waals surface area (Å²) in [5.41, 5.74) is 1.84. The third kappa shape index (κ3) is 3.47. The first-order chi connectivity index (χ1) is 12.2. The van der Waals surface area contributed by atoms with Crippen molar-refractivity contribution >= 4 is 54.1 Å². The lowest BCUT2D eigenvalue weighted by Crippen LogP contribution is -2.11. The van der Waals surface area contributed by atoms with Crippen LogP contribution in [0.5, 0.6) is 5.75 Å². The zero-order valence-electron chi connectivity index (χ0n) is 13.5. The summed E-state index contributed by atoms with van der Waals surface area (Å²) >= 11 is 3.08. The molecule has 0 aliphatic rings. The van der Waals surface area contributed by atoms with E-state index in [1.54, 1.807) is 18.4 Å². The van der Waals surface area contributed by atoms with Gasteiger partial charge in [0.05, 0.1) is 32.6 Å². The molecule has 2 aromatic carbocycles. The van der Waals surface area contributed by atoms with Gasteiger partial charge < -0.3 is 10.1 Å². The molecule has 0 fully saturated rings. The molecule has 0 saturated carbocycles. The first-order valence-corrected chi connectivity index (χ1v) is 9.43. The molecule has 7 heteroatoms. The molecule has 0 aliphatic carbocycles. The fourth-order valence-corrected chi connectivity index (χ4v) is 4.39. The maximum atomic E-state index is 12.2. The Kier molecular flexibility index (Phi) is 4.33. The number of para-hydroxylation sites is 1. The van der Waals surface area contributed by atoms with Crippen molar-refractivity contribution < 1.29 is 9.53 Å². The van der Waals surface area contributed by atoms with E-state index in [9.17, 15) is 4.79 Å². The van der Waals surface area contributed by atoms with E-state index < -0.39 is 0 Å². The minimum Gasteiger partial charge on any atom is -0.497 e. The van der Waals surface area contributed by atoms with Crippen LogP contribution in [-0.4, -0.2) is 23.0 Å². The number of rotatable bonds is 5. The molecule has 2 heterocycles. The number of fused-ring (bicyclic) bond motifs is 2. The number of aromatic nitrogens is 2. The number of aryl methyl sites for hydroxylation is 1. The van der Waals surface area contributed by atoms with E-state index in [2.05, 4.69) is 15.3 Å². The van der Waals surface area contributed by atoms with Gasteiger partial charge in [0.1, 0.15) is 5.75 Å². The quantitative estimate of drug-likeness (QED) is 0.563. The molecule has 0 spiro atoms. The van der Waals surface area contributed by atoms with Crippen LogP contribution in [0.25, 0.3) is 20.4 Å². The summed E-state index contributed by atoms with van der Waals surface area (Å²) in [5, 5.41) is 4.46. The maximum Gasteiger partial charge on any atom is 0.226 e. The molecule has 0 unspecified atom stereocenters. The molecule has 0 aliphatic heterocycles. The van der Waals surface area contributed by atoms with Crippen molar-refractivity contribution in [1.29, 1.82) is 0 Å². The van der Waals surface area contributed by atoms with Gasteiger partial charge in [-0.05, 0) is 30.3 Å². The Morgan fingerprint density at radius 2 is 1.92 bits per heavy atom. The Morgan fingerprint density at radius 3 is 2.76 bits per heavy atom. The zero-order valence-corrected chi connectivity index (χ0v) is 15.1. The average molecular weight is 369 g/mol. The van der Waals surface area contributed by atoms with E-state index in [0.717, 1.165) is 31.2 Å². The highest BCUT2D eigenvalue weighted by molar-refractivity contribution is 7.22. The van der Waals surface area contributed by atoms with Crippen molar-refractivity contribution in [3.8, 4) is 5.75 Å². The van der Waals surface area contributed by atoms with E-state index in [1.807, 2.05) is 42.5 Å². The molecular formula is C18H15N3O2S2. The largest absolute Gasteiger partial charge is 0.497 e. The Hall–Kier alpha value is -2.51. The van der Waals surface area contributed by atoms with Gasteiger partial charge in [0.15, 0.2) is 5.13 Å². The van der Waals surface area contributed by atoms with Crippen molar-refractivity contribution in [2.45, 2.75) is 12.8 Å². The normalized spacial score (nSPS) is 11.1. The summed E-state index contributed by atoms with van der Waals surface area (Å²) in [6, 6.07) is 13.7. The summed E-state index contributed by atoms with van der Waals surface area (Å²) in [6.45, 7) is 0. The molecule has 0 bridgehead atoms. The van der Waals surface area contributed by atoms with Crippen LogP contribution < -0.4 is 10.1 Å². The van der Waals surface area contributed by atoms with E-state index in [1.165, 1.54) is 11.3 Å². The van der Waals surface area contributed by atoms with Gasteiger partial charge in [0.25, 0.3) is 0 Å². The highest BCUT2D eigenvalue weighted by Gasteiger charge is 2.10. The Labute approximate surface area is 152 Å². The number of amides is 1. The molecule has 5 nitrogen and oxygen atoms in total. The second kappa shape index (κ2) is 6.78. The molecule has 2 aromatic heterocycles. The number of anilines is 1. The second-order valence-electron chi connectivity index (χ2n) is 5.48.